The molecular weight excluding hydrogens is 500 g/mol. The number of nitro benzene ring substituents is 1. The van der Waals surface area contributed by atoms with Crippen LogP contribution in [0.25, 0.3) is 0 Å². The molecule has 0 aliphatic carbocycles. The van der Waals surface area contributed by atoms with Gasteiger partial charge in [-0.2, -0.15) is 0 Å². The Morgan fingerprint density at radius 3 is 2.08 bits per heavy atom. The normalized spacial score (nSPS) is 21.6. The first kappa shape index (κ1) is 28.5. The van der Waals surface area contributed by atoms with Gasteiger partial charge in [-0.1, -0.05) is 0 Å². The highest BCUT2D eigenvalue weighted by Crippen LogP contribution is 2.25. The first-order valence-electron chi connectivity index (χ1n) is 10.6. The van der Waals surface area contributed by atoms with E-state index in [2.05, 4.69) is 15.8 Å². The molecule has 0 aromatic heterocycles. The number of ether oxygens (including phenoxy) is 4. The number of anilines is 1. The molecule has 0 bridgehead atoms. The molecule has 2 N–H and O–H groups in total. The predicted octanol–water partition coefficient (Wildman–Crippen LogP) is 0.787. The fourth-order valence-electron chi connectivity index (χ4n) is 3.16. The van der Waals surface area contributed by atoms with E-state index in [4.69, 9.17) is 23.8 Å². The molecule has 2 amide bonds. The molecule has 0 saturated carbocycles. The summed E-state index contributed by atoms with van der Waals surface area (Å²) in [5, 5.41) is 19.0. The lowest BCUT2D eigenvalue weighted by Gasteiger charge is -2.41. The minimum absolute atomic E-state index is 0.138. The second-order valence-electron chi connectivity index (χ2n) is 7.52. The van der Waals surface area contributed by atoms with Crippen molar-refractivity contribution >= 4 is 47.2 Å². The van der Waals surface area contributed by atoms with E-state index in [1.807, 2.05) is 0 Å². The van der Waals surface area contributed by atoms with E-state index in [1.165, 1.54) is 12.1 Å². The van der Waals surface area contributed by atoms with Gasteiger partial charge < -0.3 is 24.3 Å². The van der Waals surface area contributed by atoms with Gasteiger partial charge in [-0.3, -0.25) is 39.4 Å². The van der Waals surface area contributed by atoms with Crippen LogP contribution in [0.1, 0.15) is 27.7 Å². The first-order valence-corrected chi connectivity index (χ1v) is 10.6. The van der Waals surface area contributed by atoms with E-state index in [9.17, 15) is 34.1 Å². The van der Waals surface area contributed by atoms with Gasteiger partial charge in [0, 0.05) is 45.5 Å². The summed E-state index contributed by atoms with van der Waals surface area (Å²) < 4.78 is 21.1. The summed E-state index contributed by atoms with van der Waals surface area (Å²) in [6.45, 7) is 3.92. The second kappa shape index (κ2) is 12.8. The molecule has 0 spiro atoms. The highest BCUT2D eigenvalue weighted by Gasteiger charge is 2.50. The molecular formula is C21H24N4O12. The van der Waals surface area contributed by atoms with Crippen LogP contribution in [0, 0.1) is 10.1 Å². The molecule has 1 aliphatic heterocycles. The molecule has 37 heavy (non-hydrogen) atoms. The van der Waals surface area contributed by atoms with Gasteiger partial charge in [-0.05, 0) is 17.3 Å². The zero-order valence-electron chi connectivity index (χ0n) is 20.1. The van der Waals surface area contributed by atoms with Crippen molar-refractivity contribution in [3.8, 4) is 0 Å². The number of benzene rings is 1. The Bertz CT molecular complexity index is 1090. The lowest BCUT2D eigenvalue weighted by atomic mass is 9.96. The third kappa shape index (κ3) is 8.75. The van der Waals surface area contributed by atoms with Gasteiger partial charge in [-0.25, -0.2) is 4.79 Å². The highest BCUT2D eigenvalue weighted by molar-refractivity contribution is 5.90. The number of hydrogen-bond acceptors (Lipinski definition) is 13. The van der Waals surface area contributed by atoms with Gasteiger partial charge >= 0.3 is 24.0 Å². The number of carbonyl (C=O) groups is 5. The first-order chi connectivity index (χ1) is 17.4. The lowest BCUT2D eigenvalue weighted by molar-refractivity contribution is -0.384. The molecule has 4 atom stereocenters. The van der Waals surface area contributed by atoms with Crippen LogP contribution in [0.5, 0.6) is 0 Å². The zero-order chi connectivity index (χ0) is 27.7. The van der Waals surface area contributed by atoms with Crippen LogP contribution in [0.2, 0.25) is 0 Å². The summed E-state index contributed by atoms with van der Waals surface area (Å²) >= 11 is 0. The lowest BCUT2D eigenvalue weighted by Crippen LogP contribution is -2.64. The summed E-state index contributed by atoms with van der Waals surface area (Å²) in [5.74, 6) is -3.41. The Morgan fingerprint density at radius 1 is 0.973 bits per heavy atom. The third-order valence-corrected chi connectivity index (χ3v) is 4.51. The number of non-ortho nitro benzene ring substituents is 1. The zero-order valence-corrected chi connectivity index (χ0v) is 20.1. The number of rotatable bonds is 8. The molecule has 200 valence electrons. The van der Waals surface area contributed by atoms with Crippen LogP contribution in [0.15, 0.2) is 29.4 Å². The molecule has 1 aliphatic rings. The number of esters is 3. The van der Waals surface area contributed by atoms with Gasteiger partial charge in [0.25, 0.3) is 11.6 Å². The minimum atomic E-state index is -1.42. The summed E-state index contributed by atoms with van der Waals surface area (Å²) in [5.41, 5.74) is -0.0650. The second-order valence-corrected chi connectivity index (χ2v) is 7.52. The van der Waals surface area contributed by atoms with Crippen molar-refractivity contribution in [2.24, 2.45) is 5.16 Å². The van der Waals surface area contributed by atoms with Crippen molar-refractivity contribution in [3.63, 3.8) is 0 Å². The molecule has 16 nitrogen and oxygen atoms in total. The van der Waals surface area contributed by atoms with E-state index in [0.29, 0.717) is 0 Å². The molecule has 16 heteroatoms. The number of amides is 2. The number of nitrogens with zero attached hydrogens (tertiary/aromatic N) is 2. The van der Waals surface area contributed by atoms with Crippen LogP contribution in [0.3, 0.4) is 0 Å². The molecule has 0 radical (unpaired) electrons. The van der Waals surface area contributed by atoms with Crippen LogP contribution in [-0.2, 0) is 43.0 Å². The fraction of sp³-hybridized carbons (Fsp3) is 0.429. The SMILES string of the molecule is CC(=O)N[C@@H]1/C(=N\OC(=O)Nc2ccc([N+](=O)[O-])cc2)O[C@@H](COC(C)=O)[C@@H](OC(C)=O)[C@@H]1OC(C)=O. The summed E-state index contributed by atoms with van der Waals surface area (Å²) in [4.78, 5) is 73.9. The van der Waals surface area contributed by atoms with Crippen molar-refractivity contribution in [2.75, 3.05) is 11.9 Å². The topological polar surface area (TPSA) is 211 Å². The number of carbonyl (C=O) groups excluding carboxylic acids is 5. The van der Waals surface area contributed by atoms with Gasteiger partial charge in [0.1, 0.15) is 12.6 Å². The average Bonchev–Trinajstić information content (AvgIpc) is 2.79. The van der Waals surface area contributed by atoms with Crippen molar-refractivity contribution in [1.29, 1.82) is 0 Å². The number of oxime groups is 1. The monoisotopic (exact) mass is 524 g/mol. The van der Waals surface area contributed by atoms with Crippen molar-refractivity contribution < 1.29 is 52.7 Å². The fourth-order valence-corrected chi connectivity index (χ4v) is 3.16. The number of nitrogens with one attached hydrogen (secondary N) is 2. The van der Waals surface area contributed by atoms with Crippen LogP contribution >= 0.6 is 0 Å². The van der Waals surface area contributed by atoms with E-state index in [0.717, 1.165) is 39.8 Å². The molecule has 1 aromatic carbocycles. The Morgan fingerprint density at radius 2 is 1.57 bits per heavy atom. The smallest absolute Gasteiger partial charge is 0.437 e. The minimum Gasteiger partial charge on any atom is -0.466 e. The van der Waals surface area contributed by atoms with Crippen LogP contribution in [-0.4, -0.2) is 71.7 Å². The maximum absolute atomic E-state index is 12.2. The Labute approximate surface area is 209 Å². The van der Waals surface area contributed by atoms with Crippen molar-refractivity contribution in [2.45, 2.75) is 52.0 Å². The molecule has 0 unspecified atom stereocenters. The van der Waals surface area contributed by atoms with Crippen LogP contribution < -0.4 is 10.6 Å². The average molecular weight is 524 g/mol. The largest absolute Gasteiger partial charge is 0.466 e. The maximum atomic E-state index is 12.2. The highest BCUT2D eigenvalue weighted by atomic mass is 16.7. The summed E-state index contributed by atoms with van der Waals surface area (Å²) in [6, 6.07) is 3.42. The molecule has 2 rings (SSSR count). The van der Waals surface area contributed by atoms with Crippen molar-refractivity contribution in [3.05, 3.63) is 34.4 Å². The van der Waals surface area contributed by atoms with Gasteiger partial charge in [0.15, 0.2) is 18.3 Å². The quantitative estimate of drug-likeness (QED) is 0.159. The van der Waals surface area contributed by atoms with E-state index < -0.39 is 71.7 Å². The Balaban J connectivity index is 2.34. The van der Waals surface area contributed by atoms with Crippen LogP contribution in [0.4, 0.5) is 16.2 Å². The van der Waals surface area contributed by atoms with E-state index >= 15 is 0 Å². The van der Waals surface area contributed by atoms with Gasteiger partial charge in [0.2, 0.25) is 5.91 Å². The molecule has 1 heterocycles. The maximum Gasteiger partial charge on any atom is 0.437 e. The molecule has 1 aromatic rings. The third-order valence-electron chi connectivity index (χ3n) is 4.51. The molecule has 1 fully saturated rings. The van der Waals surface area contributed by atoms with E-state index in [1.54, 1.807) is 0 Å². The van der Waals surface area contributed by atoms with Gasteiger partial charge in [0.05, 0.1) is 4.92 Å². The van der Waals surface area contributed by atoms with E-state index in [-0.39, 0.29) is 11.4 Å². The Kier molecular flexibility index (Phi) is 9.85. The number of hydrogen-bond donors (Lipinski definition) is 2. The van der Waals surface area contributed by atoms with Gasteiger partial charge in [-0.15, -0.1) is 0 Å². The molecule has 1 saturated heterocycles. The summed E-state index contributed by atoms with van der Waals surface area (Å²) in [7, 11) is 0. The summed E-state index contributed by atoms with van der Waals surface area (Å²) in [6.07, 6.45) is -5.19. The van der Waals surface area contributed by atoms with Crippen molar-refractivity contribution in [1.82, 2.24) is 5.32 Å². The standard InChI is InChI=1S/C21H24N4O12/c1-10(26)22-17-19(35-13(4)29)18(34-12(3)28)16(9-33-11(2)27)36-20(17)24-37-21(30)23-14-5-7-15(8-6-14)25(31)32/h5-8,16-19H,9H2,1-4H3,(H,22,26)(H,23,30)/b24-20+/t16-,17-,18+,19+/m0/s1. The number of nitro groups is 1. The Hall–Kier alpha value is -4.76. The predicted molar refractivity (Wildman–Crippen MR) is 121 cm³/mol.